The Hall–Kier alpha value is -1.15. The van der Waals surface area contributed by atoms with Gasteiger partial charge in [-0.25, -0.2) is 0 Å². The lowest BCUT2D eigenvalue weighted by atomic mass is 10.2. The minimum Gasteiger partial charge on any atom is -0.357 e. The maximum atomic E-state index is 4.96. The van der Waals surface area contributed by atoms with Gasteiger partial charge in [-0.05, 0) is 70.2 Å². The number of likely N-dealkylation sites (tertiary alicyclic amines) is 1. The fourth-order valence-corrected chi connectivity index (χ4v) is 5.29. The highest BCUT2D eigenvalue weighted by atomic mass is 32.1. The monoisotopic (exact) mass is 434 g/mol. The third-order valence-corrected chi connectivity index (χ3v) is 7.30. The van der Waals surface area contributed by atoms with Crippen molar-refractivity contribution in [1.29, 1.82) is 0 Å². The van der Waals surface area contributed by atoms with E-state index in [0.717, 1.165) is 25.6 Å². The van der Waals surface area contributed by atoms with Crippen LogP contribution in [-0.2, 0) is 0 Å². The molecule has 1 unspecified atom stereocenters. The van der Waals surface area contributed by atoms with Crippen molar-refractivity contribution in [1.82, 2.24) is 25.3 Å². The van der Waals surface area contributed by atoms with E-state index >= 15 is 0 Å². The molecule has 2 aliphatic heterocycles. The fraction of sp³-hybridized carbons (Fsp3) is 0.783. The van der Waals surface area contributed by atoms with Gasteiger partial charge < -0.3 is 20.4 Å². The van der Waals surface area contributed by atoms with Crippen LogP contribution in [0.15, 0.2) is 22.5 Å². The van der Waals surface area contributed by atoms with Crippen LogP contribution >= 0.6 is 11.3 Å². The number of likely N-dealkylation sites (N-methyl/N-ethyl adjacent to an activating group) is 1. The highest BCUT2D eigenvalue weighted by Crippen LogP contribution is 2.28. The molecule has 1 aromatic heterocycles. The molecule has 0 aliphatic carbocycles. The van der Waals surface area contributed by atoms with Gasteiger partial charge in [0.2, 0.25) is 0 Å². The van der Waals surface area contributed by atoms with Gasteiger partial charge in [0.15, 0.2) is 5.96 Å². The maximum absolute atomic E-state index is 4.96. The topological polar surface area (TPSA) is 46.1 Å². The second kappa shape index (κ2) is 13.3. The average Bonchev–Trinajstić information content (AvgIpc) is 3.49. The lowest BCUT2D eigenvalue weighted by Crippen LogP contribution is -2.46. The second-order valence-corrected chi connectivity index (χ2v) is 9.38. The van der Waals surface area contributed by atoms with Gasteiger partial charge in [-0.15, -0.1) is 11.3 Å². The number of hydrogen-bond donors (Lipinski definition) is 2. The quantitative estimate of drug-likeness (QED) is 0.319. The van der Waals surface area contributed by atoms with E-state index in [1.165, 1.54) is 82.9 Å². The van der Waals surface area contributed by atoms with Gasteiger partial charge in [0.25, 0.3) is 0 Å². The van der Waals surface area contributed by atoms with Crippen LogP contribution in [0.3, 0.4) is 0 Å². The summed E-state index contributed by atoms with van der Waals surface area (Å²) in [7, 11) is 0. The Labute approximate surface area is 187 Å². The summed E-state index contributed by atoms with van der Waals surface area (Å²) in [6.07, 6.45) is 5.08. The van der Waals surface area contributed by atoms with Crippen molar-refractivity contribution < 1.29 is 0 Å². The van der Waals surface area contributed by atoms with Crippen LogP contribution in [0, 0.1) is 0 Å². The molecule has 0 saturated carbocycles. The Morgan fingerprint density at radius 2 is 1.80 bits per heavy atom. The van der Waals surface area contributed by atoms with Crippen LogP contribution in [0.1, 0.15) is 50.4 Å². The lowest BCUT2D eigenvalue weighted by Gasteiger charge is -2.34. The van der Waals surface area contributed by atoms with Gasteiger partial charge in [-0.2, -0.15) is 0 Å². The normalized spacial score (nSPS) is 20.5. The number of nitrogens with zero attached hydrogens (tertiary/aromatic N) is 4. The van der Waals surface area contributed by atoms with Gasteiger partial charge in [0.1, 0.15) is 0 Å². The van der Waals surface area contributed by atoms with Crippen LogP contribution < -0.4 is 10.6 Å². The van der Waals surface area contributed by atoms with Crippen molar-refractivity contribution in [3.05, 3.63) is 22.4 Å². The van der Waals surface area contributed by atoms with Gasteiger partial charge in [-0.1, -0.05) is 13.0 Å². The molecule has 0 radical (unpaired) electrons. The molecule has 0 spiro atoms. The van der Waals surface area contributed by atoms with Crippen molar-refractivity contribution in [2.24, 2.45) is 4.99 Å². The van der Waals surface area contributed by atoms with Crippen LogP contribution in [0.5, 0.6) is 0 Å². The van der Waals surface area contributed by atoms with Gasteiger partial charge in [0.05, 0.1) is 12.6 Å². The van der Waals surface area contributed by atoms with Gasteiger partial charge in [-0.3, -0.25) is 9.89 Å². The summed E-state index contributed by atoms with van der Waals surface area (Å²) in [5, 5.41) is 9.18. The number of guanidine groups is 1. The van der Waals surface area contributed by atoms with E-state index in [9.17, 15) is 0 Å². The van der Waals surface area contributed by atoms with Crippen LogP contribution in [0.4, 0.5) is 0 Å². The molecule has 6 nitrogen and oxygen atoms in total. The number of aliphatic imine (C=N–C) groups is 1. The van der Waals surface area contributed by atoms with Crippen molar-refractivity contribution in [3.8, 4) is 0 Å². The van der Waals surface area contributed by atoms with Crippen LogP contribution in [0.2, 0.25) is 0 Å². The molecule has 1 aromatic rings. The zero-order chi connectivity index (χ0) is 21.0. The highest BCUT2D eigenvalue weighted by Gasteiger charge is 2.24. The Bertz CT molecular complexity index is 591. The predicted molar refractivity (Wildman–Crippen MR) is 130 cm³/mol. The lowest BCUT2D eigenvalue weighted by molar-refractivity contribution is 0.136. The van der Waals surface area contributed by atoms with E-state index in [2.05, 4.69) is 56.7 Å². The number of rotatable bonds is 11. The van der Waals surface area contributed by atoms with E-state index in [1.54, 1.807) is 0 Å². The van der Waals surface area contributed by atoms with E-state index in [4.69, 9.17) is 4.99 Å². The first kappa shape index (κ1) is 23.5. The Morgan fingerprint density at radius 1 is 1.03 bits per heavy atom. The molecule has 2 saturated heterocycles. The predicted octanol–water partition coefficient (Wildman–Crippen LogP) is 2.86. The molecular weight excluding hydrogens is 392 g/mol. The molecule has 2 N–H and O–H groups in total. The summed E-state index contributed by atoms with van der Waals surface area (Å²) in [5.74, 6) is 0.967. The molecule has 30 heavy (non-hydrogen) atoms. The Balaban J connectivity index is 1.40. The summed E-state index contributed by atoms with van der Waals surface area (Å²) < 4.78 is 0. The largest absolute Gasteiger partial charge is 0.357 e. The van der Waals surface area contributed by atoms with Crippen LogP contribution in [0.25, 0.3) is 0 Å². The van der Waals surface area contributed by atoms with E-state index in [1.807, 2.05) is 11.3 Å². The van der Waals surface area contributed by atoms with Crippen molar-refractivity contribution >= 4 is 17.3 Å². The first-order chi connectivity index (χ1) is 14.8. The second-order valence-electron chi connectivity index (χ2n) is 8.40. The highest BCUT2D eigenvalue weighted by molar-refractivity contribution is 7.10. The van der Waals surface area contributed by atoms with Crippen molar-refractivity contribution in [3.63, 3.8) is 0 Å². The minimum absolute atomic E-state index is 0.421. The summed E-state index contributed by atoms with van der Waals surface area (Å²) >= 11 is 1.86. The standard InChI is InChI=1S/C23H42N6S/c1-3-24-23(25-11-5-6-12-28-17-15-27(4-2)16-18-28)26-20-21(22-10-9-19-30-22)29-13-7-8-14-29/h9-10,19,21H,3-8,11-18,20H2,1-2H3,(H2,24,25,26). The smallest absolute Gasteiger partial charge is 0.191 e. The first-order valence-electron chi connectivity index (χ1n) is 12.0. The maximum Gasteiger partial charge on any atom is 0.191 e. The molecule has 3 rings (SSSR count). The SMILES string of the molecule is CCNC(=NCC(c1cccs1)N1CCCC1)NCCCCN1CCN(CC)CC1. The van der Waals surface area contributed by atoms with Crippen LogP contribution in [-0.4, -0.2) is 92.7 Å². The molecule has 0 aromatic carbocycles. The van der Waals surface area contributed by atoms with Gasteiger partial charge in [0, 0.05) is 44.1 Å². The van der Waals surface area contributed by atoms with Gasteiger partial charge >= 0.3 is 0 Å². The molecule has 0 bridgehead atoms. The average molecular weight is 435 g/mol. The van der Waals surface area contributed by atoms with E-state index in [-0.39, 0.29) is 0 Å². The van der Waals surface area contributed by atoms with Crippen molar-refractivity contribution in [2.75, 3.05) is 72.0 Å². The molecule has 1 atom stereocenters. The fourth-order valence-electron chi connectivity index (χ4n) is 4.44. The summed E-state index contributed by atoms with van der Waals surface area (Å²) in [5.41, 5.74) is 0. The number of unbranched alkanes of at least 4 members (excludes halogenated alkanes) is 1. The zero-order valence-electron chi connectivity index (χ0n) is 19.1. The molecular formula is C23H42N6S. The number of hydrogen-bond acceptors (Lipinski definition) is 5. The molecule has 0 amide bonds. The minimum atomic E-state index is 0.421. The Morgan fingerprint density at radius 3 is 2.47 bits per heavy atom. The number of nitrogens with one attached hydrogen (secondary N) is 2. The molecule has 2 fully saturated rings. The molecule has 3 heterocycles. The zero-order valence-corrected chi connectivity index (χ0v) is 19.9. The Kier molecular flexibility index (Phi) is 10.4. The first-order valence-corrected chi connectivity index (χ1v) is 12.9. The van der Waals surface area contributed by atoms with E-state index < -0.39 is 0 Å². The number of thiophene rings is 1. The molecule has 7 heteroatoms. The van der Waals surface area contributed by atoms with E-state index in [0.29, 0.717) is 6.04 Å². The summed E-state index contributed by atoms with van der Waals surface area (Å²) in [6.45, 7) is 16.9. The van der Waals surface area contributed by atoms with Crippen molar-refractivity contribution in [2.45, 2.75) is 45.6 Å². The molecule has 170 valence electrons. The third-order valence-electron chi connectivity index (χ3n) is 6.33. The summed E-state index contributed by atoms with van der Waals surface area (Å²) in [6, 6.07) is 4.85. The third kappa shape index (κ3) is 7.52. The number of piperazine rings is 1. The molecule has 2 aliphatic rings. The summed E-state index contributed by atoms with van der Waals surface area (Å²) in [4.78, 5) is 14.2.